The molecule has 0 saturated heterocycles. The smallest absolute Gasteiger partial charge is 0.336 e. The Morgan fingerprint density at radius 1 is 0.920 bits per heavy atom. The molecule has 25 heavy (non-hydrogen) atoms. The number of methoxy groups -OCH3 is 1. The van der Waals surface area contributed by atoms with Gasteiger partial charge in [0.05, 0.1) is 12.7 Å². The fourth-order valence-electron chi connectivity index (χ4n) is 2.55. The maximum absolute atomic E-state index is 11.7. The minimum absolute atomic E-state index is 0.204. The van der Waals surface area contributed by atoms with Crippen LogP contribution in [0, 0.1) is 0 Å². The summed E-state index contributed by atoms with van der Waals surface area (Å²) in [5.74, 6) is 0.262. The zero-order chi connectivity index (χ0) is 17.6. The Morgan fingerprint density at radius 3 is 2.24 bits per heavy atom. The van der Waals surface area contributed by atoms with Crippen LogP contribution in [0.5, 0.6) is 11.5 Å². The van der Waals surface area contributed by atoms with E-state index in [1.165, 1.54) is 0 Å². The van der Waals surface area contributed by atoms with E-state index in [9.17, 15) is 9.90 Å². The van der Waals surface area contributed by atoms with Gasteiger partial charge >= 0.3 is 5.97 Å². The van der Waals surface area contributed by atoms with E-state index in [4.69, 9.17) is 9.47 Å². The van der Waals surface area contributed by atoms with Crippen molar-refractivity contribution in [1.29, 1.82) is 0 Å². The molecule has 0 aromatic heterocycles. The standard InChI is InChI=1S/C21H18O4/c1-24-17-9-7-16(8-10-17)19-12-11-18(13-20(19)21(22)23)25-14-15-5-3-2-4-6-15/h2-13H,14H2,1H3,(H,22,23). The summed E-state index contributed by atoms with van der Waals surface area (Å²) in [6, 6.07) is 22.1. The maximum atomic E-state index is 11.7. The van der Waals surface area contributed by atoms with Crippen molar-refractivity contribution >= 4 is 5.97 Å². The monoisotopic (exact) mass is 334 g/mol. The van der Waals surface area contributed by atoms with Crippen LogP contribution in [0.1, 0.15) is 15.9 Å². The van der Waals surface area contributed by atoms with Crippen LogP contribution in [0.4, 0.5) is 0 Å². The first-order valence-electron chi connectivity index (χ1n) is 7.86. The predicted molar refractivity (Wildman–Crippen MR) is 96.2 cm³/mol. The highest BCUT2D eigenvalue weighted by Crippen LogP contribution is 2.29. The molecule has 4 heteroatoms. The Kier molecular flexibility index (Phi) is 5.00. The third kappa shape index (κ3) is 3.98. The summed E-state index contributed by atoms with van der Waals surface area (Å²) in [6.45, 7) is 0.391. The summed E-state index contributed by atoms with van der Waals surface area (Å²) < 4.78 is 10.9. The maximum Gasteiger partial charge on any atom is 0.336 e. The van der Waals surface area contributed by atoms with Crippen molar-refractivity contribution in [2.24, 2.45) is 0 Å². The summed E-state index contributed by atoms with van der Waals surface area (Å²) in [4.78, 5) is 11.7. The second-order valence-electron chi connectivity index (χ2n) is 5.52. The lowest BCUT2D eigenvalue weighted by molar-refractivity contribution is 0.0697. The number of ether oxygens (including phenoxy) is 2. The van der Waals surface area contributed by atoms with Gasteiger partial charge in [0.15, 0.2) is 0 Å². The van der Waals surface area contributed by atoms with Gasteiger partial charge < -0.3 is 14.6 Å². The second-order valence-corrected chi connectivity index (χ2v) is 5.52. The Hall–Kier alpha value is -3.27. The molecular weight excluding hydrogens is 316 g/mol. The molecule has 3 rings (SSSR count). The number of carboxylic acid groups (broad SMARTS) is 1. The summed E-state index contributed by atoms with van der Waals surface area (Å²) in [6.07, 6.45) is 0. The first-order chi connectivity index (χ1) is 12.2. The molecule has 3 aromatic rings. The molecule has 1 N–H and O–H groups in total. The lowest BCUT2D eigenvalue weighted by atomic mass is 9.99. The average Bonchev–Trinajstić information content (AvgIpc) is 2.67. The van der Waals surface area contributed by atoms with E-state index < -0.39 is 5.97 Å². The van der Waals surface area contributed by atoms with Gasteiger partial charge in [0, 0.05) is 0 Å². The van der Waals surface area contributed by atoms with Gasteiger partial charge in [-0.1, -0.05) is 42.5 Å². The van der Waals surface area contributed by atoms with Gasteiger partial charge in [0.25, 0.3) is 0 Å². The van der Waals surface area contributed by atoms with Crippen LogP contribution in [0.15, 0.2) is 72.8 Å². The van der Waals surface area contributed by atoms with Crippen LogP contribution in [-0.2, 0) is 6.61 Å². The van der Waals surface area contributed by atoms with Gasteiger partial charge in [-0.05, 0) is 47.0 Å². The Morgan fingerprint density at radius 2 is 1.60 bits per heavy atom. The molecule has 0 aliphatic carbocycles. The van der Waals surface area contributed by atoms with Crippen LogP contribution >= 0.6 is 0 Å². The molecular formula is C21H18O4. The lowest BCUT2D eigenvalue weighted by Gasteiger charge is -2.11. The molecule has 0 atom stereocenters. The van der Waals surface area contributed by atoms with Crippen LogP contribution in [0.2, 0.25) is 0 Å². The van der Waals surface area contributed by atoms with Crippen molar-refractivity contribution in [1.82, 2.24) is 0 Å². The molecule has 0 aliphatic heterocycles. The van der Waals surface area contributed by atoms with Crippen molar-refractivity contribution in [3.63, 3.8) is 0 Å². The Bertz CT molecular complexity index is 855. The Balaban J connectivity index is 1.86. The van der Waals surface area contributed by atoms with Crippen molar-refractivity contribution < 1.29 is 19.4 Å². The largest absolute Gasteiger partial charge is 0.497 e. The van der Waals surface area contributed by atoms with Crippen LogP contribution in [0.3, 0.4) is 0 Å². The van der Waals surface area contributed by atoms with Crippen molar-refractivity contribution in [3.05, 3.63) is 83.9 Å². The normalized spacial score (nSPS) is 10.3. The van der Waals surface area contributed by atoms with Crippen molar-refractivity contribution in [2.75, 3.05) is 7.11 Å². The molecule has 126 valence electrons. The second kappa shape index (κ2) is 7.53. The average molecular weight is 334 g/mol. The molecule has 0 aliphatic rings. The molecule has 0 amide bonds. The molecule has 0 bridgehead atoms. The van der Waals surface area contributed by atoms with E-state index >= 15 is 0 Å². The van der Waals surface area contributed by atoms with E-state index in [1.54, 1.807) is 37.4 Å². The fraction of sp³-hybridized carbons (Fsp3) is 0.0952. The highest BCUT2D eigenvalue weighted by Gasteiger charge is 2.13. The number of benzene rings is 3. The summed E-state index contributed by atoms with van der Waals surface area (Å²) in [5.41, 5.74) is 2.68. The van der Waals surface area contributed by atoms with E-state index in [2.05, 4.69) is 0 Å². The summed E-state index contributed by atoms with van der Waals surface area (Å²) in [5, 5.41) is 9.56. The van der Waals surface area contributed by atoms with Crippen LogP contribution < -0.4 is 9.47 Å². The third-order valence-electron chi connectivity index (χ3n) is 3.87. The molecule has 0 heterocycles. The summed E-state index contributed by atoms with van der Waals surface area (Å²) >= 11 is 0. The minimum Gasteiger partial charge on any atom is -0.497 e. The topological polar surface area (TPSA) is 55.8 Å². The van der Waals surface area contributed by atoms with E-state index in [0.29, 0.717) is 17.9 Å². The first kappa shape index (κ1) is 16.6. The molecule has 0 saturated carbocycles. The van der Waals surface area contributed by atoms with E-state index in [1.807, 2.05) is 42.5 Å². The van der Waals surface area contributed by atoms with Crippen LogP contribution in [0.25, 0.3) is 11.1 Å². The van der Waals surface area contributed by atoms with Crippen molar-refractivity contribution in [2.45, 2.75) is 6.61 Å². The number of carbonyl (C=O) groups is 1. The molecule has 3 aromatic carbocycles. The fourth-order valence-corrected chi connectivity index (χ4v) is 2.55. The summed E-state index contributed by atoms with van der Waals surface area (Å²) in [7, 11) is 1.59. The zero-order valence-electron chi connectivity index (χ0n) is 13.8. The first-order valence-corrected chi connectivity index (χ1v) is 7.86. The number of carboxylic acids is 1. The number of hydrogen-bond donors (Lipinski definition) is 1. The number of hydrogen-bond acceptors (Lipinski definition) is 3. The highest BCUT2D eigenvalue weighted by molar-refractivity contribution is 5.96. The number of rotatable bonds is 6. The minimum atomic E-state index is -0.990. The molecule has 0 unspecified atom stereocenters. The van der Waals surface area contributed by atoms with Gasteiger partial charge in [-0.15, -0.1) is 0 Å². The molecule has 0 spiro atoms. The number of aromatic carboxylic acids is 1. The van der Waals surface area contributed by atoms with Gasteiger partial charge in [-0.3, -0.25) is 0 Å². The molecule has 0 radical (unpaired) electrons. The van der Waals surface area contributed by atoms with Gasteiger partial charge in [0.1, 0.15) is 18.1 Å². The van der Waals surface area contributed by atoms with Gasteiger partial charge in [0.2, 0.25) is 0 Å². The quantitative estimate of drug-likeness (QED) is 0.713. The lowest BCUT2D eigenvalue weighted by Crippen LogP contribution is -2.02. The predicted octanol–water partition coefficient (Wildman–Crippen LogP) is 4.64. The van der Waals surface area contributed by atoms with E-state index in [-0.39, 0.29) is 5.56 Å². The van der Waals surface area contributed by atoms with Crippen molar-refractivity contribution in [3.8, 4) is 22.6 Å². The Labute approximate surface area is 146 Å². The molecule has 0 fully saturated rings. The molecule has 4 nitrogen and oxygen atoms in total. The zero-order valence-corrected chi connectivity index (χ0v) is 13.8. The van der Waals surface area contributed by atoms with Gasteiger partial charge in [-0.25, -0.2) is 4.79 Å². The highest BCUT2D eigenvalue weighted by atomic mass is 16.5. The van der Waals surface area contributed by atoms with E-state index in [0.717, 1.165) is 16.9 Å². The van der Waals surface area contributed by atoms with Crippen LogP contribution in [-0.4, -0.2) is 18.2 Å². The van der Waals surface area contributed by atoms with Gasteiger partial charge in [-0.2, -0.15) is 0 Å². The SMILES string of the molecule is COc1ccc(-c2ccc(OCc3ccccc3)cc2C(=O)O)cc1. The third-order valence-corrected chi connectivity index (χ3v) is 3.87.